The van der Waals surface area contributed by atoms with Crippen molar-refractivity contribution in [2.24, 2.45) is 0 Å². The predicted molar refractivity (Wildman–Crippen MR) is 143 cm³/mol. The molecule has 1 saturated carbocycles. The summed E-state index contributed by atoms with van der Waals surface area (Å²) >= 11 is 0. The topological polar surface area (TPSA) is 79.0 Å². The Bertz CT molecular complexity index is 1400. The Morgan fingerprint density at radius 2 is 1.92 bits per heavy atom. The van der Waals surface area contributed by atoms with Crippen LogP contribution in [-0.2, 0) is 28.5 Å². The summed E-state index contributed by atoms with van der Waals surface area (Å²) in [5.74, 6) is 1.80. The minimum Gasteiger partial charge on any atom is -0.504 e. The van der Waals surface area contributed by atoms with E-state index >= 15 is 0 Å². The molecule has 0 radical (unpaired) electrons. The minimum atomic E-state index is -0.290. The van der Waals surface area contributed by atoms with Crippen LogP contribution in [0.4, 0.5) is 0 Å². The van der Waals surface area contributed by atoms with E-state index in [2.05, 4.69) is 46.5 Å². The van der Waals surface area contributed by atoms with Crippen LogP contribution in [-0.4, -0.2) is 62.6 Å². The monoisotopic (exact) mass is 503 g/mol. The fourth-order valence-electron chi connectivity index (χ4n) is 8.31. The van der Waals surface area contributed by atoms with Crippen LogP contribution in [0.25, 0.3) is 10.9 Å². The Morgan fingerprint density at radius 3 is 2.70 bits per heavy atom. The number of fused-ring (bicyclic) bond motifs is 5. The molecular formula is C30H37N3O4. The Morgan fingerprint density at radius 1 is 1.05 bits per heavy atom. The third-order valence-corrected chi connectivity index (χ3v) is 10.1. The van der Waals surface area contributed by atoms with Crippen LogP contribution in [0.2, 0.25) is 0 Å². The quantitative estimate of drug-likeness (QED) is 0.495. The minimum absolute atomic E-state index is 0.0398. The molecule has 196 valence electrons. The maximum atomic E-state index is 11.5. The van der Waals surface area contributed by atoms with Gasteiger partial charge in [0, 0.05) is 59.9 Å². The van der Waals surface area contributed by atoms with E-state index in [1.165, 1.54) is 27.8 Å². The Kier molecular flexibility index (Phi) is 5.14. The molecule has 3 aromatic rings. The second-order valence-electron chi connectivity index (χ2n) is 11.6. The van der Waals surface area contributed by atoms with E-state index in [9.17, 15) is 5.11 Å². The first-order chi connectivity index (χ1) is 17.9. The molecular weight excluding hydrogens is 466 g/mol. The smallest absolute Gasteiger partial charge is 0.161 e. The van der Waals surface area contributed by atoms with Gasteiger partial charge in [-0.05, 0) is 80.5 Å². The van der Waals surface area contributed by atoms with Crippen molar-refractivity contribution in [2.45, 2.75) is 61.6 Å². The highest BCUT2D eigenvalue weighted by Crippen LogP contribution is 2.63. The third-order valence-electron chi connectivity index (χ3n) is 10.1. The number of aromatic nitrogens is 1. The van der Waals surface area contributed by atoms with Gasteiger partial charge in [-0.2, -0.15) is 0 Å². The van der Waals surface area contributed by atoms with Gasteiger partial charge in [-0.1, -0.05) is 0 Å². The van der Waals surface area contributed by atoms with Crippen LogP contribution in [0.3, 0.4) is 0 Å². The van der Waals surface area contributed by atoms with Crippen molar-refractivity contribution in [3.05, 3.63) is 52.2 Å². The molecule has 2 aliphatic heterocycles. The fourth-order valence-corrected chi connectivity index (χ4v) is 8.31. The van der Waals surface area contributed by atoms with Gasteiger partial charge in [0.1, 0.15) is 5.75 Å². The van der Waals surface area contributed by atoms with Gasteiger partial charge in [-0.25, -0.2) is 0 Å². The second-order valence-corrected chi connectivity index (χ2v) is 11.6. The van der Waals surface area contributed by atoms with Crippen LogP contribution >= 0.6 is 0 Å². The van der Waals surface area contributed by atoms with Crippen molar-refractivity contribution in [3.63, 3.8) is 0 Å². The van der Waals surface area contributed by atoms with E-state index in [1.807, 2.05) is 7.11 Å². The lowest BCUT2D eigenvalue weighted by molar-refractivity contribution is -0.0482. The highest BCUT2D eigenvalue weighted by atomic mass is 16.5. The van der Waals surface area contributed by atoms with Crippen LogP contribution in [0.5, 0.6) is 17.2 Å². The number of hydrogen-bond donors (Lipinski definition) is 3. The van der Waals surface area contributed by atoms with E-state index < -0.39 is 0 Å². The van der Waals surface area contributed by atoms with Crippen LogP contribution in [0, 0.1) is 0 Å². The summed E-state index contributed by atoms with van der Waals surface area (Å²) in [6.45, 7) is 1.95. The molecule has 4 aliphatic rings. The first kappa shape index (κ1) is 23.4. The lowest BCUT2D eigenvalue weighted by Gasteiger charge is -2.52. The number of benzene rings is 2. The molecule has 2 aliphatic carbocycles. The van der Waals surface area contributed by atoms with Crippen molar-refractivity contribution in [2.75, 3.05) is 41.5 Å². The lowest BCUT2D eigenvalue weighted by Crippen LogP contribution is -2.60. The molecule has 7 nitrogen and oxygen atoms in total. The van der Waals surface area contributed by atoms with Crippen molar-refractivity contribution < 1.29 is 19.3 Å². The molecule has 2 spiro atoms. The van der Waals surface area contributed by atoms with Gasteiger partial charge >= 0.3 is 0 Å². The molecule has 3 heterocycles. The first-order valence-electron chi connectivity index (χ1n) is 13.5. The molecule has 4 atom stereocenters. The molecule has 37 heavy (non-hydrogen) atoms. The van der Waals surface area contributed by atoms with Gasteiger partial charge in [0.25, 0.3) is 0 Å². The van der Waals surface area contributed by atoms with E-state index in [1.54, 1.807) is 14.2 Å². The number of nitrogens with one attached hydrogen (secondary N) is 2. The average molecular weight is 504 g/mol. The molecule has 0 unspecified atom stereocenters. The van der Waals surface area contributed by atoms with Crippen LogP contribution in [0.1, 0.15) is 59.7 Å². The molecule has 7 rings (SSSR count). The summed E-state index contributed by atoms with van der Waals surface area (Å²) in [5.41, 5.74) is 7.13. The zero-order chi connectivity index (χ0) is 25.5. The van der Waals surface area contributed by atoms with E-state index in [-0.39, 0.29) is 17.1 Å². The van der Waals surface area contributed by atoms with E-state index in [0.717, 1.165) is 68.4 Å². The fraction of sp³-hybridized carbons (Fsp3) is 0.533. The molecule has 1 aromatic heterocycles. The summed E-state index contributed by atoms with van der Waals surface area (Å²) in [6, 6.07) is 8.74. The molecule has 1 fully saturated rings. The van der Waals surface area contributed by atoms with Crippen LogP contribution in [0.15, 0.2) is 24.3 Å². The number of rotatable bonds is 3. The lowest BCUT2D eigenvalue weighted by atomic mass is 9.61. The number of H-pyrrole nitrogens is 1. The van der Waals surface area contributed by atoms with Crippen molar-refractivity contribution >= 4 is 10.9 Å². The molecule has 2 aromatic carbocycles. The predicted octanol–water partition coefficient (Wildman–Crippen LogP) is 4.30. The molecule has 0 amide bonds. The number of phenolic OH excluding ortho intramolecular Hbond substituents is 1. The largest absolute Gasteiger partial charge is 0.504 e. The van der Waals surface area contributed by atoms with Gasteiger partial charge in [-0.15, -0.1) is 0 Å². The Hall–Kier alpha value is -2.74. The highest BCUT2D eigenvalue weighted by molar-refractivity contribution is 5.86. The molecule has 0 saturated heterocycles. The maximum Gasteiger partial charge on any atom is 0.161 e. The summed E-state index contributed by atoms with van der Waals surface area (Å²) in [6.07, 6.45) is 5.72. The number of methoxy groups -OCH3 is 3. The number of phenols is 1. The normalized spacial score (nSPS) is 30.6. The number of likely N-dealkylation sites (N-methyl/N-ethyl adjacent to an activating group) is 1. The summed E-state index contributed by atoms with van der Waals surface area (Å²) in [5, 5.41) is 16.7. The second kappa shape index (κ2) is 8.13. The first-order valence-corrected chi connectivity index (χ1v) is 13.5. The highest BCUT2D eigenvalue weighted by Gasteiger charge is 2.58. The van der Waals surface area contributed by atoms with Gasteiger partial charge < -0.3 is 29.6 Å². The van der Waals surface area contributed by atoms with Crippen LogP contribution < -0.4 is 14.8 Å². The SMILES string of the molecule is COc1ccc2c3c([nH]c2c1)[C@@]1(CC[C@@]2(C[C@H]4c5c(cc(OC)c(O)c52)CCN4C)C[C@H]1OC)NCC3. The van der Waals surface area contributed by atoms with Gasteiger partial charge in [-0.3, -0.25) is 4.90 Å². The standard InChI is InChI=1S/C30H37N3O4/c1-33-12-8-17-13-23(36-3)27(34)26-25(17)22(33)15-29(26)9-10-30(24(16-29)37-4)28-20(7-11-31-30)19-6-5-18(35-2)14-21(19)32-28/h5-6,13-14,22,24,31-32,34H,7-12,15-16H2,1-4H3/t22-,24+,29+,30-/m0/s1. The number of aromatic amines is 1. The number of nitrogens with zero attached hydrogens (tertiary/aromatic N) is 1. The van der Waals surface area contributed by atoms with Crippen molar-refractivity contribution in [1.82, 2.24) is 15.2 Å². The van der Waals surface area contributed by atoms with E-state index in [4.69, 9.17) is 14.2 Å². The summed E-state index contributed by atoms with van der Waals surface area (Å²) in [4.78, 5) is 6.26. The zero-order valence-electron chi connectivity index (χ0n) is 22.2. The zero-order valence-corrected chi connectivity index (χ0v) is 22.2. The Labute approximate surface area is 218 Å². The van der Waals surface area contributed by atoms with Gasteiger partial charge in [0.15, 0.2) is 11.5 Å². The molecule has 0 bridgehead atoms. The molecule has 7 heteroatoms. The number of hydrogen-bond acceptors (Lipinski definition) is 6. The maximum absolute atomic E-state index is 11.5. The Balaban J connectivity index is 1.35. The average Bonchev–Trinajstić information content (AvgIpc) is 3.47. The summed E-state index contributed by atoms with van der Waals surface area (Å²) in [7, 11) is 7.45. The van der Waals surface area contributed by atoms with Gasteiger partial charge in [0.05, 0.1) is 25.9 Å². The third kappa shape index (κ3) is 3.05. The van der Waals surface area contributed by atoms with E-state index in [0.29, 0.717) is 17.5 Å². The summed E-state index contributed by atoms with van der Waals surface area (Å²) < 4.78 is 17.6. The number of ether oxygens (including phenoxy) is 3. The number of aromatic hydroxyl groups is 1. The van der Waals surface area contributed by atoms with Crippen molar-refractivity contribution in [1.29, 1.82) is 0 Å². The van der Waals surface area contributed by atoms with Crippen molar-refractivity contribution in [3.8, 4) is 17.2 Å². The van der Waals surface area contributed by atoms with Gasteiger partial charge in [0.2, 0.25) is 0 Å². The molecule has 3 N–H and O–H groups in total.